The zero-order valence-corrected chi connectivity index (χ0v) is 16.5. The van der Waals surface area contributed by atoms with Crippen LogP contribution >= 0.6 is 0 Å². The Balaban J connectivity index is 1.56. The lowest BCUT2D eigenvalue weighted by Crippen LogP contribution is -2.46. The third kappa shape index (κ3) is 5.01. The summed E-state index contributed by atoms with van der Waals surface area (Å²) in [5.74, 6) is 0.590. The molecule has 2 aromatic carbocycles. The lowest BCUT2D eigenvalue weighted by Gasteiger charge is -2.36. The van der Waals surface area contributed by atoms with E-state index >= 15 is 0 Å². The van der Waals surface area contributed by atoms with Gasteiger partial charge < -0.3 is 19.9 Å². The Bertz CT molecular complexity index is 783. The Kier molecular flexibility index (Phi) is 6.35. The Morgan fingerprint density at radius 2 is 1.78 bits per heavy atom. The van der Waals surface area contributed by atoms with Crippen molar-refractivity contribution in [1.82, 2.24) is 4.90 Å². The molecule has 3 rings (SSSR count). The first-order valence-corrected chi connectivity index (χ1v) is 9.63. The molecule has 1 saturated heterocycles. The largest absolute Gasteiger partial charge is 0.483 e. The van der Waals surface area contributed by atoms with Crippen LogP contribution in [0.4, 0.5) is 11.4 Å². The van der Waals surface area contributed by atoms with Gasteiger partial charge in [-0.15, -0.1) is 0 Å². The summed E-state index contributed by atoms with van der Waals surface area (Å²) < 4.78 is 5.62. The van der Waals surface area contributed by atoms with E-state index in [-0.39, 0.29) is 12.5 Å². The van der Waals surface area contributed by atoms with E-state index in [0.29, 0.717) is 0 Å². The van der Waals surface area contributed by atoms with Crippen molar-refractivity contribution in [3.05, 3.63) is 53.6 Å². The molecule has 1 heterocycles. The molecule has 1 aliphatic heterocycles. The molecule has 144 valence electrons. The Morgan fingerprint density at radius 3 is 2.44 bits per heavy atom. The van der Waals surface area contributed by atoms with E-state index in [2.05, 4.69) is 35.0 Å². The van der Waals surface area contributed by atoms with Gasteiger partial charge in [0.25, 0.3) is 5.91 Å². The number of piperazine rings is 1. The van der Waals surface area contributed by atoms with Crippen LogP contribution in [0.25, 0.3) is 0 Å². The molecule has 2 aromatic rings. The van der Waals surface area contributed by atoms with Gasteiger partial charge in [-0.3, -0.25) is 4.79 Å². The van der Waals surface area contributed by atoms with Crippen LogP contribution in [-0.2, 0) is 4.79 Å². The summed E-state index contributed by atoms with van der Waals surface area (Å²) in [7, 11) is 0. The SMILES string of the molecule is CCN1CCN(c2ccc(NC(=O)COc3ccccc3C)cc2C)CC1. The van der Waals surface area contributed by atoms with Gasteiger partial charge in [-0.1, -0.05) is 25.1 Å². The topological polar surface area (TPSA) is 44.8 Å². The molecule has 0 bridgehead atoms. The number of benzene rings is 2. The average Bonchev–Trinajstić information content (AvgIpc) is 2.68. The van der Waals surface area contributed by atoms with Crippen LogP contribution in [0.1, 0.15) is 18.1 Å². The summed E-state index contributed by atoms with van der Waals surface area (Å²) >= 11 is 0. The summed E-state index contributed by atoms with van der Waals surface area (Å²) in [6.07, 6.45) is 0. The van der Waals surface area contributed by atoms with E-state index in [0.717, 1.165) is 49.7 Å². The van der Waals surface area contributed by atoms with Gasteiger partial charge in [0.15, 0.2) is 6.61 Å². The van der Waals surface area contributed by atoms with Crippen molar-refractivity contribution < 1.29 is 9.53 Å². The molecule has 0 spiro atoms. The van der Waals surface area contributed by atoms with E-state index in [4.69, 9.17) is 4.74 Å². The fraction of sp³-hybridized carbons (Fsp3) is 0.409. The molecule has 5 nitrogen and oxygen atoms in total. The molecule has 1 N–H and O–H groups in total. The van der Waals surface area contributed by atoms with Crippen LogP contribution in [0.2, 0.25) is 0 Å². The molecule has 1 amide bonds. The van der Waals surface area contributed by atoms with E-state index in [1.165, 1.54) is 11.3 Å². The monoisotopic (exact) mass is 367 g/mol. The number of hydrogen-bond donors (Lipinski definition) is 1. The fourth-order valence-electron chi connectivity index (χ4n) is 3.45. The number of ether oxygens (including phenoxy) is 1. The summed E-state index contributed by atoms with van der Waals surface area (Å²) in [6.45, 7) is 11.7. The third-order valence-corrected chi connectivity index (χ3v) is 5.09. The number of aryl methyl sites for hydroxylation is 2. The second kappa shape index (κ2) is 8.91. The first-order chi connectivity index (χ1) is 13.1. The van der Waals surface area contributed by atoms with Gasteiger partial charge in [-0.05, 0) is 55.8 Å². The van der Waals surface area contributed by atoms with Crippen molar-refractivity contribution in [2.24, 2.45) is 0 Å². The number of hydrogen-bond acceptors (Lipinski definition) is 4. The minimum Gasteiger partial charge on any atom is -0.483 e. The molecule has 5 heteroatoms. The standard InChI is InChI=1S/C22H29N3O2/c1-4-24-11-13-25(14-12-24)20-10-9-19(15-18(20)3)23-22(26)16-27-21-8-6-5-7-17(21)2/h5-10,15H,4,11-14,16H2,1-3H3,(H,23,26). The maximum atomic E-state index is 12.2. The van der Waals surface area contributed by atoms with E-state index in [9.17, 15) is 4.79 Å². The molecule has 1 aliphatic rings. The predicted molar refractivity (Wildman–Crippen MR) is 111 cm³/mol. The molecule has 0 radical (unpaired) electrons. The van der Waals surface area contributed by atoms with Crippen LogP contribution in [0.15, 0.2) is 42.5 Å². The summed E-state index contributed by atoms with van der Waals surface area (Å²) in [5, 5.41) is 2.93. The van der Waals surface area contributed by atoms with Gasteiger partial charge in [-0.2, -0.15) is 0 Å². The second-order valence-electron chi connectivity index (χ2n) is 7.02. The molecule has 1 fully saturated rings. The van der Waals surface area contributed by atoms with Crippen molar-refractivity contribution >= 4 is 17.3 Å². The Hall–Kier alpha value is -2.53. The number of para-hydroxylation sites is 1. The maximum absolute atomic E-state index is 12.2. The number of carbonyl (C=O) groups is 1. The van der Waals surface area contributed by atoms with Crippen molar-refractivity contribution in [3.63, 3.8) is 0 Å². The van der Waals surface area contributed by atoms with Crippen LogP contribution in [0.3, 0.4) is 0 Å². The molecule has 0 aromatic heterocycles. The highest BCUT2D eigenvalue weighted by Crippen LogP contribution is 2.25. The highest BCUT2D eigenvalue weighted by Gasteiger charge is 2.17. The smallest absolute Gasteiger partial charge is 0.262 e. The third-order valence-electron chi connectivity index (χ3n) is 5.09. The van der Waals surface area contributed by atoms with E-state index in [1.54, 1.807) is 0 Å². The van der Waals surface area contributed by atoms with Gasteiger partial charge in [-0.25, -0.2) is 0 Å². The van der Waals surface area contributed by atoms with Gasteiger partial charge in [0.2, 0.25) is 0 Å². The Morgan fingerprint density at radius 1 is 1.04 bits per heavy atom. The van der Waals surface area contributed by atoms with Gasteiger partial charge in [0.1, 0.15) is 5.75 Å². The highest BCUT2D eigenvalue weighted by molar-refractivity contribution is 5.92. The number of nitrogens with zero attached hydrogens (tertiary/aromatic N) is 2. The van der Waals surface area contributed by atoms with Crippen LogP contribution < -0.4 is 15.0 Å². The summed E-state index contributed by atoms with van der Waals surface area (Å²) in [6, 6.07) is 13.8. The molecule has 0 saturated carbocycles. The molecular weight excluding hydrogens is 338 g/mol. The second-order valence-corrected chi connectivity index (χ2v) is 7.02. The van der Waals surface area contributed by atoms with Crippen LogP contribution in [0.5, 0.6) is 5.75 Å². The quantitative estimate of drug-likeness (QED) is 0.849. The maximum Gasteiger partial charge on any atom is 0.262 e. The molecule has 27 heavy (non-hydrogen) atoms. The first kappa shape index (κ1) is 19.2. The van der Waals surface area contributed by atoms with Gasteiger partial charge in [0.05, 0.1) is 0 Å². The number of nitrogens with one attached hydrogen (secondary N) is 1. The predicted octanol–water partition coefficient (Wildman–Crippen LogP) is 3.46. The van der Waals surface area contributed by atoms with Crippen LogP contribution in [0, 0.1) is 13.8 Å². The number of anilines is 2. The van der Waals surface area contributed by atoms with Crippen molar-refractivity contribution in [1.29, 1.82) is 0 Å². The molecular formula is C22H29N3O2. The molecule has 0 aliphatic carbocycles. The lowest BCUT2D eigenvalue weighted by atomic mass is 10.1. The van der Waals surface area contributed by atoms with Gasteiger partial charge in [0, 0.05) is 37.6 Å². The molecule has 0 atom stereocenters. The number of likely N-dealkylation sites (N-methyl/N-ethyl adjacent to an activating group) is 1. The first-order valence-electron chi connectivity index (χ1n) is 9.63. The van der Waals surface area contributed by atoms with E-state index in [1.807, 2.05) is 43.3 Å². The fourth-order valence-corrected chi connectivity index (χ4v) is 3.45. The lowest BCUT2D eigenvalue weighted by molar-refractivity contribution is -0.118. The minimum absolute atomic E-state index is 0.00459. The zero-order chi connectivity index (χ0) is 19.2. The number of rotatable bonds is 6. The number of amides is 1. The average molecular weight is 367 g/mol. The summed E-state index contributed by atoms with van der Waals surface area (Å²) in [5.41, 5.74) is 4.26. The minimum atomic E-state index is -0.151. The number of carbonyl (C=O) groups excluding carboxylic acids is 1. The normalized spacial score (nSPS) is 14.9. The highest BCUT2D eigenvalue weighted by atomic mass is 16.5. The summed E-state index contributed by atoms with van der Waals surface area (Å²) in [4.78, 5) is 17.1. The van der Waals surface area contributed by atoms with Gasteiger partial charge >= 0.3 is 0 Å². The van der Waals surface area contributed by atoms with Crippen molar-refractivity contribution in [2.45, 2.75) is 20.8 Å². The zero-order valence-electron chi connectivity index (χ0n) is 16.5. The Labute approximate surface area is 161 Å². The van der Waals surface area contributed by atoms with Crippen LogP contribution in [-0.4, -0.2) is 50.1 Å². The van der Waals surface area contributed by atoms with Crippen molar-refractivity contribution in [2.75, 3.05) is 49.5 Å². The van der Waals surface area contributed by atoms with E-state index < -0.39 is 0 Å². The van der Waals surface area contributed by atoms with Crippen molar-refractivity contribution in [3.8, 4) is 5.75 Å². The molecule has 0 unspecified atom stereocenters.